The molecule has 158 valence electrons. The fraction of sp³-hybridized carbons (Fsp3) is 0.0385. The Hall–Kier alpha value is -2.98. The zero-order valence-corrected chi connectivity index (χ0v) is 19.0. The molecule has 3 nitrogen and oxygen atoms in total. The number of fused-ring (bicyclic) bond motifs is 3. The molecule has 1 heterocycles. The van der Waals surface area contributed by atoms with Crippen molar-refractivity contribution in [1.82, 2.24) is 4.57 Å². The van der Waals surface area contributed by atoms with Gasteiger partial charge in [0.05, 0.1) is 11.0 Å². The average Bonchev–Trinajstić information content (AvgIpc) is 3.07. The Bertz CT molecular complexity index is 1520. The van der Waals surface area contributed by atoms with Crippen LogP contribution in [0, 0.1) is 0 Å². The SMILES string of the molecule is NC(=O)c1cccc2c1c1ccc(-c3ccc(Cl)cc3Cl)cc1n2Cc1cccc(Cl)c1. The Morgan fingerprint density at radius 1 is 0.812 bits per heavy atom. The Balaban J connectivity index is 1.81. The van der Waals surface area contributed by atoms with Crippen LogP contribution in [0.1, 0.15) is 15.9 Å². The number of benzene rings is 4. The number of aromatic nitrogens is 1. The highest BCUT2D eigenvalue weighted by Gasteiger charge is 2.18. The number of carbonyl (C=O) groups excluding carboxylic acids is 1. The van der Waals surface area contributed by atoms with E-state index in [1.165, 1.54) is 0 Å². The van der Waals surface area contributed by atoms with Crippen LogP contribution in [0.2, 0.25) is 15.1 Å². The van der Waals surface area contributed by atoms with Crippen LogP contribution in [0.15, 0.2) is 78.9 Å². The summed E-state index contributed by atoms with van der Waals surface area (Å²) in [5.74, 6) is -0.456. The predicted molar refractivity (Wildman–Crippen MR) is 134 cm³/mol. The molecule has 4 aromatic carbocycles. The molecular weight excluding hydrogens is 463 g/mol. The number of halogens is 3. The van der Waals surface area contributed by atoms with E-state index in [9.17, 15) is 4.79 Å². The fourth-order valence-corrected chi connectivity index (χ4v) is 4.96. The van der Waals surface area contributed by atoms with E-state index in [1.54, 1.807) is 12.1 Å². The van der Waals surface area contributed by atoms with Crippen LogP contribution in [0.5, 0.6) is 0 Å². The fourth-order valence-electron chi connectivity index (χ4n) is 4.23. The average molecular weight is 480 g/mol. The van der Waals surface area contributed by atoms with Gasteiger partial charge in [-0.15, -0.1) is 0 Å². The van der Waals surface area contributed by atoms with Crippen molar-refractivity contribution >= 4 is 62.5 Å². The Labute approximate surface area is 199 Å². The number of rotatable bonds is 4. The van der Waals surface area contributed by atoms with E-state index in [0.717, 1.165) is 38.5 Å². The van der Waals surface area contributed by atoms with Crippen molar-refractivity contribution in [3.8, 4) is 11.1 Å². The van der Waals surface area contributed by atoms with Gasteiger partial charge < -0.3 is 10.3 Å². The molecule has 0 aliphatic rings. The highest BCUT2D eigenvalue weighted by Crippen LogP contribution is 2.37. The van der Waals surface area contributed by atoms with Crippen molar-refractivity contribution in [2.45, 2.75) is 6.54 Å². The molecule has 0 spiro atoms. The molecule has 0 fully saturated rings. The summed E-state index contributed by atoms with van der Waals surface area (Å²) in [7, 11) is 0. The van der Waals surface area contributed by atoms with Crippen molar-refractivity contribution in [3.05, 3.63) is 105 Å². The normalized spacial score (nSPS) is 11.3. The molecule has 0 saturated heterocycles. The minimum atomic E-state index is -0.456. The van der Waals surface area contributed by atoms with Crippen molar-refractivity contribution in [1.29, 1.82) is 0 Å². The van der Waals surface area contributed by atoms with Crippen LogP contribution in [0.3, 0.4) is 0 Å². The molecule has 1 aromatic heterocycles. The van der Waals surface area contributed by atoms with Gasteiger partial charge >= 0.3 is 0 Å². The monoisotopic (exact) mass is 478 g/mol. The van der Waals surface area contributed by atoms with Gasteiger partial charge in [-0.05, 0) is 53.6 Å². The number of hydrogen-bond donors (Lipinski definition) is 1. The van der Waals surface area contributed by atoms with Crippen molar-refractivity contribution < 1.29 is 4.79 Å². The van der Waals surface area contributed by atoms with E-state index < -0.39 is 5.91 Å². The Kier molecular flexibility index (Phi) is 5.34. The molecular formula is C26H17Cl3N2O. The van der Waals surface area contributed by atoms with Gasteiger partial charge in [0.15, 0.2) is 0 Å². The summed E-state index contributed by atoms with van der Waals surface area (Å²) in [5.41, 5.74) is 11.0. The van der Waals surface area contributed by atoms with Gasteiger partial charge in [0.2, 0.25) is 5.91 Å². The third-order valence-electron chi connectivity index (χ3n) is 5.63. The van der Waals surface area contributed by atoms with Crippen molar-refractivity contribution in [3.63, 3.8) is 0 Å². The van der Waals surface area contributed by atoms with Crippen LogP contribution in [-0.2, 0) is 6.54 Å². The molecule has 0 saturated carbocycles. The quantitative estimate of drug-likeness (QED) is 0.284. The number of carbonyl (C=O) groups is 1. The van der Waals surface area contributed by atoms with Gasteiger partial charge in [0.1, 0.15) is 0 Å². The summed E-state index contributed by atoms with van der Waals surface area (Å²) in [6.07, 6.45) is 0. The molecule has 0 unspecified atom stereocenters. The van der Waals surface area contributed by atoms with E-state index in [1.807, 2.05) is 60.7 Å². The summed E-state index contributed by atoms with van der Waals surface area (Å²) in [6.45, 7) is 0.584. The summed E-state index contributed by atoms with van der Waals surface area (Å²) in [5, 5.41) is 3.62. The number of primary amides is 1. The first-order valence-electron chi connectivity index (χ1n) is 9.97. The van der Waals surface area contributed by atoms with Gasteiger partial charge in [0.25, 0.3) is 0 Å². The van der Waals surface area contributed by atoms with Crippen LogP contribution >= 0.6 is 34.8 Å². The first-order valence-corrected chi connectivity index (χ1v) is 11.1. The van der Waals surface area contributed by atoms with Crippen LogP contribution in [-0.4, -0.2) is 10.5 Å². The van der Waals surface area contributed by atoms with E-state index in [-0.39, 0.29) is 0 Å². The Morgan fingerprint density at radius 3 is 2.34 bits per heavy atom. The largest absolute Gasteiger partial charge is 0.366 e. The smallest absolute Gasteiger partial charge is 0.249 e. The number of hydrogen-bond acceptors (Lipinski definition) is 1. The van der Waals surface area contributed by atoms with Gasteiger partial charge in [-0.1, -0.05) is 71.2 Å². The lowest BCUT2D eigenvalue weighted by Crippen LogP contribution is -2.11. The zero-order chi connectivity index (χ0) is 22.4. The maximum atomic E-state index is 12.2. The molecule has 0 atom stereocenters. The predicted octanol–water partition coefficient (Wildman–Crippen LogP) is 7.57. The van der Waals surface area contributed by atoms with E-state index in [4.69, 9.17) is 40.5 Å². The third kappa shape index (κ3) is 3.63. The topological polar surface area (TPSA) is 48.0 Å². The van der Waals surface area contributed by atoms with Gasteiger partial charge in [-0.2, -0.15) is 0 Å². The first kappa shape index (κ1) is 20.9. The third-order valence-corrected chi connectivity index (χ3v) is 6.41. The first-order chi connectivity index (χ1) is 15.4. The molecule has 6 heteroatoms. The van der Waals surface area contributed by atoms with Crippen molar-refractivity contribution in [2.75, 3.05) is 0 Å². The molecule has 0 aliphatic carbocycles. The number of amides is 1. The van der Waals surface area contributed by atoms with Crippen LogP contribution in [0.4, 0.5) is 0 Å². The van der Waals surface area contributed by atoms with E-state index in [2.05, 4.69) is 10.6 Å². The summed E-state index contributed by atoms with van der Waals surface area (Å²) >= 11 is 18.8. The molecule has 32 heavy (non-hydrogen) atoms. The summed E-state index contributed by atoms with van der Waals surface area (Å²) in [4.78, 5) is 12.2. The maximum Gasteiger partial charge on any atom is 0.249 e. The van der Waals surface area contributed by atoms with Gasteiger partial charge in [-0.3, -0.25) is 4.79 Å². The maximum absolute atomic E-state index is 12.2. The molecule has 0 aliphatic heterocycles. The van der Waals surface area contributed by atoms with Crippen LogP contribution < -0.4 is 5.73 Å². The van der Waals surface area contributed by atoms with E-state index >= 15 is 0 Å². The number of nitrogens with two attached hydrogens (primary N) is 1. The highest BCUT2D eigenvalue weighted by molar-refractivity contribution is 6.36. The van der Waals surface area contributed by atoms with Crippen molar-refractivity contribution in [2.24, 2.45) is 5.73 Å². The van der Waals surface area contributed by atoms with Gasteiger partial charge in [-0.25, -0.2) is 0 Å². The minimum Gasteiger partial charge on any atom is -0.366 e. The van der Waals surface area contributed by atoms with Crippen LogP contribution in [0.25, 0.3) is 32.9 Å². The molecule has 1 amide bonds. The molecule has 0 bridgehead atoms. The lowest BCUT2D eigenvalue weighted by molar-refractivity contribution is 0.100. The summed E-state index contributed by atoms with van der Waals surface area (Å²) in [6, 6.07) is 24.9. The standard InChI is InChI=1S/C26H17Cl3N2O/c27-17-4-1-3-15(11-17)14-31-23-6-2-5-21(26(30)32)25(23)20-9-7-16(12-24(20)31)19-10-8-18(28)13-22(19)29/h1-13H,14H2,(H2,30,32). The second kappa shape index (κ2) is 8.18. The lowest BCUT2D eigenvalue weighted by atomic mass is 10.0. The zero-order valence-electron chi connectivity index (χ0n) is 16.8. The van der Waals surface area contributed by atoms with E-state index in [0.29, 0.717) is 27.2 Å². The van der Waals surface area contributed by atoms with Gasteiger partial charge in [0, 0.05) is 43.5 Å². The molecule has 5 rings (SSSR count). The second-order valence-electron chi connectivity index (χ2n) is 7.64. The lowest BCUT2D eigenvalue weighted by Gasteiger charge is -2.10. The Morgan fingerprint density at radius 2 is 1.59 bits per heavy atom. The minimum absolute atomic E-state index is 0.456. The molecule has 5 aromatic rings. The second-order valence-corrected chi connectivity index (χ2v) is 8.92. The highest BCUT2D eigenvalue weighted by atomic mass is 35.5. The molecule has 0 radical (unpaired) electrons. The summed E-state index contributed by atoms with van der Waals surface area (Å²) < 4.78 is 2.18. The molecule has 2 N–H and O–H groups in total. The number of nitrogens with zero attached hydrogens (tertiary/aromatic N) is 1.